The third-order valence-corrected chi connectivity index (χ3v) is 6.88. The third-order valence-electron chi connectivity index (χ3n) is 6.33. The summed E-state index contributed by atoms with van der Waals surface area (Å²) in [6.45, 7) is 5.85. The molecule has 0 aliphatic carbocycles. The molecule has 0 bridgehead atoms. The molecule has 192 valence electrons. The van der Waals surface area contributed by atoms with Crippen molar-refractivity contribution in [2.24, 2.45) is 0 Å². The van der Waals surface area contributed by atoms with Gasteiger partial charge in [-0.2, -0.15) is 5.26 Å². The molecule has 1 fully saturated rings. The number of aliphatic hydroxyl groups is 1. The first-order valence-electron chi connectivity index (χ1n) is 11.9. The van der Waals surface area contributed by atoms with Gasteiger partial charge in [0.25, 0.3) is 0 Å². The second-order valence-electron chi connectivity index (χ2n) is 9.06. The molecule has 1 aromatic heterocycles. The summed E-state index contributed by atoms with van der Waals surface area (Å²) < 4.78 is 4.95. The predicted molar refractivity (Wildman–Crippen MR) is 142 cm³/mol. The molecule has 1 aliphatic rings. The zero-order valence-corrected chi connectivity index (χ0v) is 22.1. The first kappa shape index (κ1) is 26.8. The highest BCUT2D eigenvalue weighted by atomic mass is 35.5. The van der Waals surface area contributed by atoms with Crippen LogP contribution in [0, 0.1) is 11.3 Å². The number of aromatic nitrogens is 2. The smallest absolute Gasteiger partial charge is 0.358 e. The molecule has 2 atom stereocenters. The number of hydrogen-bond acceptors (Lipinski definition) is 8. The first-order valence-corrected chi connectivity index (χ1v) is 12.6. The van der Waals surface area contributed by atoms with Gasteiger partial charge in [0.1, 0.15) is 5.60 Å². The van der Waals surface area contributed by atoms with Gasteiger partial charge in [-0.25, -0.2) is 9.78 Å². The largest absolute Gasteiger partial charge is 0.461 e. The summed E-state index contributed by atoms with van der Waals surface area (Å²) in [6.07, 6.45) is 2.73. The van der Waals surface area contributed by atoms with Gasteiger partial charge < -0.3 is 14.7 Å². The van der Waals surface area contributed by atoms with Gasteiger partial charge in [-0.05, 0) is 49.7 Å². The number of ether oxygens (including phenoxy) is 1. The quantitative estimate of drug-likeness (QED) is 0.434. The number of esters is 1. The number of piperazine rings is 1. The second-order valence-corrected chi connectivity index (χ2v) is 9.90. The fourth-order valence-electron chi connectivity index (χ4n) is 4.48. The fraction of sp³-hybridized carbons (Fsp3) is 0.333. The number of rotatable bonds is 7. The predicted octanol–water partition coefficient (Wildman–Crippen LogP) is 4.60. The average molecular weight is 540 g/mol. The van der Waals surface area contributed by atoms with Gasteiger partial charge in [0.05, 0.1) is 53.1 Å². The SMILES string of the molecule is CCOC(=O)c1cnc([C@](C)(O)CN2CCN(c3ccc(C#N)cc3Cl)[C@H](c3ccc(Cl)cc3)C2)cn1. The Balaban J connectivity index is 1.56. The summed E-state index contributed by atoms with van der Waals surface area (Å²) in [4.78, 5) is 24.7. The maximum atomic E-state index is 11.9. The van der Waals surface area contributed by atoms with E-state index in [0.29, 0.717) is 47.5 Å². The minimum Gasteiger partial charge on any atom is -0.461 e. The van der Waals surface area contributed by atoms with Gasteiger partial charge in [0, 0.05) is 31.2 Å². The second kappa shape index (κ2) is 11.4. The van der Waals surface area contributed by atoms with Crippen LogP contribution in [0.1, 0.15) is 47.2 Å². The Morgan fingerprint density at radius 2 is 1.95 bits per heavy atom. The van der Waals surface area contributed by atoms with E-state index in [1.165, 1.54) is 12.4 Å². The van der Waals surface area contributed by atoms with Crippen LogP contribution < -0.4 is 4.90 Å². The Hall–Kier alpha value is -3.22. The van der Waals surface area contributed by atoms with Crippen LogP contribution in [0.4, 0.5) is 5.69 Å². The molecule has 0 unspecified atom stereocenters. The maximum Gasteiger partial charge on any atom is 0.358 e. The lowest BCUT2D eigenvalue weighted by Gasteiger charge is -2.45. The molecule has 1 saturated heterocycles. The molecule has 1 N–H and O–H groups in total. The summed E-state index contributed by atoms with van der Waals surface area (Å²) >= 11 is 12.7. The van der Waals surface area contributed by atoms with E-state index in [1.807, 2.05) is 30.3 Å². The van der Waals surface area contributed by atoms with Gasteiger partial charge >= 0.3 is 5.97 Å². The number of carbonyl (C=O) groups is 1. The van der Waals surface area contributed by atoms with E-state index in [-0.39, 0.29) is 18.3 Å². The number of nitriles is 1. The monoisotopic (exact) mass is 539 g/mol. The molecule has 2 aromatic carbocycles. The van der Waals surface area contributed by atoms with E-state index in [9.17, 15) is 15.2 Å². The summed E-state index contributed by atoms with van der Waals surface area (Å²) in [5, 5.41) is 21.7. The average Bonchev–Trinajstić information content (AvgIpc) is 2.89. The minimum atomic E-state index is -1.31. The zero-order chi connectivity index (χ0) is 26.6. The lowest BCUT2D eigenvalue weighted by Crippen LogP contribution is -2.52. The Morgan fingerprint density at radius 3 is 2.57 bits per heavy atom. The summed E-state index contributed by atoms with van der Waals surface area (Å²) in [6, 6.07) is 15.0. The number of benzene rings is 2. The van der Waals surface area contributed by atoms with E-state index >= 15 is 0 Å². The van der Waals surface area contributed by atoms with Gasteiger partial charge in [0.2, 0.25) is 0 Å². The zero-order valence-electron chi connectivity index (χ0n) is 20.6. The van der Waals surface area contributed by atoms with Gasteiger partial charge in [-0.3, -0.25) is 9.88 Å². The number of nitrogens with zero attached hydrogens (tertiary/aromatic N) is 5. The summed E-state index contributed by atoms with van der Waals surface area (Å²) in [5.41, 5.74) is 1.54. The van der Waals surface area contributed by atoms with Gasteiger partial charge in [-0.15, -0.1) is 0 Å². The van der Waals surface area contributed by atoms with E-state index < -0.39 is 11.6 Å². The first-order chi connectivity index (χ1) is 17.7. The van der Waals surface area contributed by atoms with Crippen LogP contribution in [-0.2, 0) is 10.3 Å². The normalized spacial score (nSPS) is 17.6. The number of β-amino-alcohol motifs (C(OH)–C–C–N with tert-alkyl or cyclic N) is 1. The van der Waals surface area contributed by atoms with Crippen molar-refractivity contribution in [1.82, 2.24) is 14.9 Å². The lowest BCUT2D eigenvalue weighted by molar-refractivity contribution is 0.00632. The molecule has 0 spiro atoms. The fourth-order valence-corrected chi connectivity index (χ4v) is 4.90. The third kappa shape index (κ3) is 6.20. The lowest BCUT2D eigenvalue weighted by atomic mass is 9.97. The van der Waals surface area contributed by atoms with Crippen molar-refractivity contribution in [2.45, 2.75) is 25.5 Å². The Bertz CT molecular complexity index is 1290. The molecule has 0 radical (unpaired) electrons. The number of anilines is 1. The number of carbonyl (C=O) groups excluding carboxylic acids is 1. The molecular formula is C27H27Cl2N5O3. The van der Waals surface area contributed by atoms with Crippen molar-refractivity contribution in [3.8, 4) is 6.07 Å². The molecular weight excluding hydrogens is 513 g/mol. The molecule has 37 heavy (non-hydrogen) atoms. The highest BCUT2D eigenvalue weighted by Crippen LogP contribution is 2.36. The van der Waals surface area contributed by atoms with Crippen molar-refractivity contribution in [3.63, 3.8) is 0 Å². The van der Waals surface area contributed by atoms with Crippen molar-refractivity contribution < 1.29 is 14.6 Å². The van der Waals surface area contributed by atoms with Gasteiger partial charge in [0.15, 0.2) is 5.69 Å². The van der Waals surface area contributed by atoms with Crippen molar-refractivity contribution in [3.05, 3.63) is 87.4 Å². The highest BCUT2D eigenvalue weighted by Gasteiger charge is 2.35. The van der Waals surface area contributed by atoms with Crippen LogP contribution in [0.2, 0.25) is 10.0 Å². The minimum absolute atomic E-state index is 0.0791. The molecule has 3 aromatic rings. The van der Waals surface area contributed by atoms with E-state index in [0.717, 1.165) is 11.3 Å². The van der Waals surface area contributed by atoms with Crippen molar-refractivity contribution in [2.75, 3.05) is 37.7 Å². The summed E-state index contributed by atoms with van der Waals surface area (Å²) in [7, 11) is 0. The molecule has 0 amide bonds. The van der Waals surface area contributed by atoms with Crippen LogP contribution in [-0.4, -0.2) is 58.7 Å². The molecule has 8 nitrogen and oxygen atoms in total. The van der Waals surface area contributed by atoms with Crippen molar-refractivity contribution in [1.29, 1.82) is 5.26 Å². The Morgan fingerprint density at radius 1 is 1.19 bits per heavy atom. The van der Waals surface area contributed by atoms with Crippen LogP contribution in [0.5, 0.6) is 0 Å². The summed E-state index contributed by atoms with van der Waals surface area (Å²) in [5.74, 6) is -0.551. The molecule has 0 saturated carbocycles. The Labute approximate surface area is 226 Å². The van der Waals surface area contributed by atoms with Crippen LogP contribution >= 0.6 is 23.2 Å². The molecule has 2 heterocycles. The maximum absolute atomic E-state index is 11.9. The van der Waals surface area contributed by atoms with Crippen LogP contribution in [0.3, 0.4) is 0 Å². The van der Waals surface area contributed by atoms with Crippen LogP contribution in [0.15, 0.2) is 54.9 Å². The molecule has 10 heteroatoms. The molecule has 4 rings (SSSR count). The number of halogens is 2. The van der Waals surface area contributed by atoms with Crippen molar-refractivity contribution >= 4 is 34.9 Å². The van der Waals surface area contributed by atoms with Gasteiger partial charge in [-0.1, -0.05) is 35.3 Å². The standard InChI is InChI=1S/C27H27Cl2N5O3/c1-3-37-26(35)22-14-32-25(15-31-22)27(2,36)17-33-10-11-34(23-9-4-18(13-30)12-21(23)29)24(16-33)19-5-7-20(28)8-6-19/h4-9,12,14-15,24,36H,3,10-11,16-17H2,1-2H3/t24-,27+/m0/s1. The van der Waals surface area contributed by atoms with Crippen LogP contribution in [0.25, 0.3) is 0 Å². The van der Waals surface area contributed by atoms with E-state index in [4.69, 9.17) is 27.9 Å². The number of hydrogen-bond donors (Lipinski definition) is 1. The highest BCUT2D eigenvalue weighted by molar-refractivity contribution is 6.33. The van der Waals surface area contributed by atoms with E-state index in [2.05, 4.69) is 25.8 Å². The Kier molecular flexibility index (Phi) is 8.30. The topological polar surface area (TPSA) is 103 Å². The molecule has 1 aliphatic heterocycles. The van der Waals surface area contributed by atoms with E-state index in [1.54, 1.807) is 26.0 Å².